The van der Waals surface area contributed by atoms with Gasteiger partial charge in [-0.15, -0.1) is 21.5 Å². The van der Waals surface area contributed by atoms with Crippen molar-refractivity contribution in [2.45, 2.75) is 25.4 Å². The Balaban J connectivity index is 1.82. The monoisotopic (exact) mass is 434 g/mol. The van der Waals surface area contributed by atoms with Crippen LogP contribution in [0.1, 0.15) is 28.0 Å². The quantitative estimate of drug-likeness (QED) is 0.429. The van der Waals surface area contributed by atoms with E-state index >= 15 is 0 Å². The number of amides is 1. The molecule has 0 radical (unpaired) electrons. The lowest BCUT2D eigenvalue weighted by atomic mass is 10.2. The van der Waals surface area contributed by atoms with Gasteiger partial charge < -0.3 is 5.32 Å². The number of thiophene rings is 1. The number of benzene rings is 1. The molecule has 1 N–H and O–H groups in total. The number of halogens is 1. The molecule has 146 valence electrons. The first-order valence-electron chi connectivity index (χ1n) is 8.61. The highest BCUT2D eigenvalue weighted by Crippen LogP contribution is 2.26. The van der Waals surface area contributed by atoms with Crippen molar-refractivity contribution in [1.29, 1.82) is 0 Å². The van der Waals surface area contributed by atoms with Gasteiger partial charge >= 0.3 is 0 Å². The predicted molar refractivity (Wildman–Crippen MR) is 113 cm³/mol. The van der Waals surface area contributed by atoms with Crippen LogP contribution in [0, 0.1) is 6.92 Å². The second-order valence-corrected chi connectivity index (χ2v) is 8.78. The average Bonchev–Trinajstić information content (AvgIpc) is 3.26. The van der Waals surface area contributed by atoms with Gasteiger partial charge in [0.25, 0.3) is 0 Å². The number of nitrogens with zero attached hydrogens (tertiary/aromatic N) is 3. The third-order valence-electron chi connectivity index (χ3n) is 3.86. The molecule has 0 bridgehead atoms. The van der Waals surface area contributed by atoms with Gasteiger partial charge in [0.05, 0.1) is 15.0 Å². The number of rotatable bonds is 8. The van der Waals surface area contributed by atoms with Crippen LogP contribution in [0.15, 0.2) is 41.6 Å². The third-order valence-corrected chi connectivity index (χ3v) is 6.06. The molecule has 0 spiro atoms. The Morgan fingerprint density at radius 1 is 1.25 bits per heavy atom. The van der Waals surface area contributed by atoms with E-state index in [0.717, 1.165) is 17.1 Å². The molecule has 3 aromatic rings. The van der Waals surface area contributed by atoms with E-state index in [1.165, 1.54) is 30.0 Å². The minimum atomic E-state index is -0.0866. The highest BCUT2D eigenvalue weighted by molar-refractivity contribution is 7.99. The number of Topliss-reactive ketones (excluding diaryl/α,β-unsaturated/α-hetero) is 1. The van der Waals surface area contributed by atoms with Crippen LogP contribution in [0.3, 0.4) is 0 Å². The molecule has 6 nitrogen and oxygen atoms in total. The summed E-state index contributed by atoms with van der Waals surface area (Å²) in [6, 6.07) is 11.5. The van der Waals surface area contributed by atoms with E-state index < -0.39 is 0 Å². The first kappa shape index (κ1) is 20.6. The SMILES string of the molecule is CC(=O)NCCc1nnc(SCC(=O)c2ccc(Cl)s2)n1-c1cccc(C)c1. The van der Waals surface area contributed by atoms with Crippen molar-refractivity contribution in [1.82, 2.24) is 20.1 Å². The number of thioether (sulfide) groups is 1. The number of aromatic nitrogens is 3. The maximum atomic E-state index is 12.4. The molecule has 9 heteroatoms. The molecule has 0 saturated carbocycles. The second-order valence-electron chi connectivity index (χ2n) is 6.12. The fourth-order valence-electron chi connectivity index (χ4n) is 2.60. The van der Waals surface area contributed by atoms with Gasteiger partial charge in [-0.05, 0) is 36.8 Å². The van der Waals surface area contributed by atoms with E-state index in [4.69, 9.17) is 11.6 Å². The molecule has 0 fully saturated rings. The van der Waals surface area contributed by atoms with E-state index in [1.807, 2.05) is 35.8 Å². The Morgan fingerprint density at radius 3 is 2.75 bits per heavy atom. The Bertz CT molecular complexity index is 999. The topological polar surface area (TPSA) is 76.9 Å². The maximum Gasteiger partial charge on any atom is 0.216 e. The highest BCUT2D eigenvalue weighted by Gasteiger charge is 2.17. The van der Waals surface area contributed by atoms with Crippen molar-refractivity contribution in [3.8, 4) is 5.69 Å². The summed E-state index contributed by atoms with van der Waals surface area (Å²) >= 11 is 8.53. The molecule has 2 heterocycles. The van der Waals surface area contributed by atoms with Crippen LogP contribution < -0.4 is 5.32 Å². The Morgan fingerprint density at radius 2 is 2.07 bits per heavy atom. The van der Waals surface area contributed by atoms with Gasteiger partial charge in [-0.2, -0.15) is 0 Å². The average molecular weight is 435 g/mol. The van der Waals surface area contributed by atoms with Crippen molar-refractivity contribution in [2.75, 3.05) is 12.3 Å². The molecule has 0 atom stereocenters. The van der Waals surface area contributed by atoms with Crippen molar-refractivity contribution in [3.05, 3.63) is 57.0 Å². The van der Waals surface area contributed by atoms with Gasteiger partial charge in [0, 0.05) is 25.6 Å². The van der Waals surface area contributed by atoms with Crippen molar-refractivity contribution >= 4 is 46.4 Å². The molecule has 0 aliphatic rings. The van der Waals surface area contributed by atoms with E-state index in [9.17, 15) is 9.59 Å². The zero-order valence-corrected chi connectivity index (χ0v) is 17.8. The molecular weight excluding hydrogens is 416 g/mol. The zero-order chi connectivity index (χ0) is 20.1. The van der Waals surface area contributed by atoms with Crippen LogP contribution in [-0.4, -0.2) is 38.8 Å². The van der Waals surface area contributed by atoms with Gasteiger partial charge in [-0.1, -0.05) is 35.5 Å². The van der Waals surface area contributed by atoms with Crippen LogP contribution in [-0.2, 0) is 11.2 Å². The summed E-state index contributed by atoms with van der Waals surface area (Å²) < 4.78 is 2.53. The Kier molecular flexibility index (Phi) is 6.88. The molecular formula is C19H19ClN4O2S2. The standard InChI is InChI=1S/C19H19ClN4O2S2/c1-12-4-3-5-14(10-12)24-18(8-9-21-13(2)25)22-23-19(24)27-11-15(26)16-6-7-17(20)28-16/h3-7,10H,8-9,11H2,1-2H3,(H,21,25). The summed E-state index contributed by atoms with van der Waals surface area (Å²) in [4.78, 5) is 24.2. The number of carbonyl (C=O) groups excluding carboxylic acids is 2. The molecule has 1 amide bonds. The first-order chi connectivity index (χ1) is 13.4. The first-order valence-corrected chi connectivity index (χ1v) is 10.8. The minimum Gasteiger partial charge on any atom is -0.356 e. The van der Waals surface area contributed by atoms with Crippen LogP contribution in [0.2, 0.25) is 4.34 Å². The fraction of sp³-hybridized carbons (Fsp3) is 0.263. The second kappa shape index (κ2) is 9.36. The zero-order valence-electron chi connectivity index (χ0n) is 15.4. The molecule has 0 saturated heterocycles. The van der Waals surface area contributed by atoms with E-state index in [0.29, 0.717) is 27.3 Å². The summed E-state index contributed by atoms with van der Waals surface area (Å²) in [5, 5.41) is 12.0. The lowest BCUT2D eigenvalue weighted by Gasteiger charge is -2.11. The number of hydrogen-bond donors (Lipinski definition) is 1. The number of nitrogens with one attached hydrogen (secondary N) is 1. The van der Waals surface area contributed by atoms with Crippen LogP contribution >= 0.6 is 34.7 Å². The summed E-state index contributed by atoms with van der Waals surface area (Å²) in [5.41, 5.74) is 2.04. The third kappa shape index (κ3) is 5.21. The van der Waals surface area contributed by atoms with Gasteiger partial charge in [0.1, 0.15) is 5.82 Å². The maximum absolute atomic E-state index is 12.4. The Labute approximate surface area is 176 Å². The lowest BCUT2D eigenvalue weighted by Crippen LogP contribution is -2.23. The molecule has 0 aliphatic heterocycles. The number of carbonyl (C=O) groups is 2. The van der Waals surface area contributed by atoms with E-state index in [2.05, 4.69) is 15.5 Å². The number of ketones is 1. The van der Waals surface area contributed by atoms with Crippen molar-refractivity contribution < 1.29 is 9.59 Å². The molecule has 2 aromatic heterocycles. The van der Waals surface area contributed by atoms with Crippen molar-refractivity contribution in [3.63, 3.8) is 0 Å². The van der Waals surface area contributed by atoms with Crippen LogP contribution in [0.4, 0.5) is 0 Å². The predicted octanol–water partition coefficient (Wildman–Crippen LogP) is 3.94. The molecule has 28 heavy (non-hydrogen) atoms. The number of hydrogen-bond acceptors (Lipinski definition) is 6. The summed E-state index contributed by atoms with van der Waals surface area (Å²) in [6.07, 6.45) is 0.537. The summed E-state index contributed by atoms with van der Waals surface area (Å²) in [5.74, 6) is 0.886. The molecule has 3 rings (SSSR count). The van der Waals surface area contributed by atoms with Gasteiger partial charge in [-0.3, -0.25) is 14.2 Å². The minimum absolute atomic E-state index is 0.000452. The fourth-order valence-corrected chi connectivity index (χ4v) is 4.52. The lowest BCUT2D eigenvalue weighted by molar-refractivity contribution is -0.118. The van der Waals surface area contributed by atoms with Crippen molar-refractivity contribution in [2.24, 2.45) is 0 Å². The van der Waals surface area contributed by atoms with Gasteiger partial charge in [0.2, 0.25) is 5.91 Å². The normalized spacial score (nSPS) is 10.8. The smallest absolute Gasteiger partial charge is 0.216 e. The molecule has 0 aliphatic carbocycles. The van der Waals surface area contributed by atoms with Gasteiger partial charge in [-0.25, -0.2) is 0 Å². The largest absolute Gasteiger partial charge is 0.356 e. The Hall–Kier alpha value is -2.16. The van der Waals surface area contributed by atoms with Crippen LogP contribution in [0.5, 0.6) is 0 Å². The number of aryl methyl sites for hydroxylation is 1. The molecule has 0 unspecified atom stereocenters. The van der Waals surface area contributed by atoms with Crippen LogP contribution in [0.25, 0.3) is 5.69 Å². The summed E-state index contributed by atoms with van der Waals surface area (Å²) in [6.45, 7) is 3.97. The highest BCUT2D eigenvalue weighted by atomic mass is 35.5. The van der Waals surface area contributed by atoms with E-state index in [1.54, 1.807) is 12.1 Å². The van der Waals surface area contributed by atoms with E-state index in [-0.39, 0.29) is 17.4 Å². The summed E-state index contributed by atoms with van der Waals surface area (Å²) in [7, 11) is 0. The van der Waals surface area contributed by atoms with Gasteiger partial charge in [0.15, 0.2) is 10.9 Å². The molecule has 1 aromatic carbocycles.